The fourth-order valence-electron chi connectivity index (χ4n) is 2.20. The van der Waals surface area contributed by atoms with E-state index in [4.69, 9.17) is 0 Å². The molecule has 2 heteroatoms. The van der Waals surface area contributed by atoms with Gasteiger partial charge in [0.25, 0.3) is 0 Å². The first kappa shape index (κ1) is 12.8. The summed E-state index contributed by atoms with van der Waals surface area (Å²) in [4.78, 5) is 14.7. The predicted octanol–water partition coefficient (Wildman–Crippen LogP) is 4.95. The minimum absolute atomic E-state index is 0.0986. The highest BCUT2D eigenvalue weighted by Crippen LogP contribution is 2.32. The van der Waals surface area contributed by atoms with E-state index < -0.39 is 0 Å². The van der Waals surface area contributed by atoms with Crippen LogP contribution in [0.5, 0.6) is 0 Å². The molecule has 0 radical (unpaired) electrons. The molecule has 0 spiro atoms. The normalized spacial score (nSPS) is 10.4. The van der Waals surface area contributed by atoms with Gasteiger partial charge in [0.05, 0.1) is 0 Å². The standard InChI is InChI=1S/C18H14OS/c1-13-16(18(19)15-10-6-3-7-11-15)12-17(20-13)14-8-4-2-5-9-14/h2-12H,1H3. The molecule has 3 aromatic rings. The van der Waals surface area contributed by atoms with Crippen molar-refractivity contribution in [3.63, 3.8) is 0 Å². The molecular weight excluding hydrogens is 264 g/mol. The summed E-state index contributed by atoms with van der Waals surface area (Å²) in [5, 5.41) is 0. The molecule has 0 atom stereocenters. The van der Waals surface area contributed by atoms with Crippen LogP contribution >= 0.6 is 11.3 Å². The SMILES string of the molecule is Cc1sc(-c2ccccc2)cc1C(=O)c1ccccc1. The van der Waals surface area contributed by atoms with Gasteiger partial charge in [0.1, 0.15) is 0 Å². The fraction of sp³-hybridized carbons (Fsp3) is 0.0556. The van der Waals surface area contributed by atoms with E-state index in [1.807, 2.05) is 61.5 Å². The zero-order chi connectivity index (χ0) is 13.9. The Bertz CT molecular complexity index is 727. The Hall–Kier alpha value is -2.19. The summed E-state index contributed by atoms with van der Waals surface area (Å²) < 4.78 is 0. The highest BCUT2D eigenvalue weighted by Gasteiger charge is 2.15. The van der Waals surface area contributed by atoms with Crippen LogP contribution in [0.2, 0.25) is 0 Å². The summed E-state index contributed by atoms with van der Waals surface area (Å²) in [6.07, 6.45) is 0. The lowest BCUT2D eigenvalue weighted by atomic mass is 10.0. The van der Waals surface area contributed by atoms with E-state index >= 15 is 0 Å². The molecule has 0 bridgehead atoms. The third kappa shape index (κ3) is 2.43. The zero-order valence-electron chi connectivity index (χ0n) is 11.2. The monoisotopic (exact) mass is 278 g/mol. The molecule has 3 rings (SSSR count). The highest BCUT2D eigenvalue weighted by atomic mass is 32.1. The van der Waals surface area contributed by atoms with Gasteiger partial charge < -0.3 is 0 Å². The average Bonchev–Trinajstić information content (AvgIpc) is 2.90. The number of ketones is 1. The van der Waals surface area contributed by atoms with Gasteiger partial charge in [-0.1, -0.05) is 60.7 Å². The van der Waals surface area contributed by atoms with Crippen LogP contribution in [0.25, 0.3) is 10.4 Å². The summed E-state index contributed by atoms with van der Waals surface area (Å²) in [5.74, 6) is 0.0986. The van der Waals surface area contributed by atoms with Gasteiger partial charge in [-0.15, -0.1) is 11.3 Å². The molecule has 98 valence electrons. The van der Waals surface area contributed by atoms with E-state index in [0.717, 1.165) is 26.4 Å². The Morgan fingerprint density at radius 1 is 0.900 bits per heavy atom. The van der Waals surface area contributed by atoms with E-state index in [2.05, 4.69) is 12.1 Å². The van der Waals surface area contributed by atoms with E-state index in [1.165, 1.54) is 0 Å². The third-order valence-corrected chi connectivity index (χ3v) is 4.36. The summed E-state index contributed by atoms with van der Waals surface area (Å²) >= 11 is 1.67. The number of aryl methyl sites for hydroxylation is 1. The second-order valence-corrected chi connectivity index (χ2v) is 5.90. The van der Waals surface area contributed by atoms with E-state index in [9.17, 15) is 4.79 Å². The molecule has 0 saturated heterocycles. The van der Waals surface area contributed by atoms with Gasteiger partial charge in [-0.25, -0.2) is 0 Å². The maximum Gasteiger partial charge on any atom is 0.194 e. The molecule has 0 saturated carbocycles. The Balaban J connectivity index is 2.00. The van der Waals surface area contributed by atoms with Gasteiger partial charge in [-0.2, -0.15) is 0 Å². The summed E-state index contributed by atoms with van der Waals surface area (Å²) in [5.41, 5.74) is 2.71. The predicted molar refractivity (Wildman–Crippen MR) is 84.4 cm³/mol. The molecule has 0 aliphatic rings. The number of carbonyl (C=O) groups excluding carboxylic acids is 1. The van der Waals surface area contributed by atoms with Gasteiger partial charge in [0, 0.05) is 20.9 Å². The summed E-state index contributed by atoms with van der Waals surface area (Å²) in [7, 11) is 0. The molecule has 1 nitrogen and oxygen atoms in total. The second kappa shape index (κ2) is 5.43. The van der Waals surface area contributed by atoms with Crippen LogP contribution < -0.4 is 0 Å². The van der Waals surface area contributed by atoms with Crippen LogP contribution in [0.1, 0.15) is 20.8 Å². The van der Waals surface area contributed by atoms with Crippen LogP contribution in [0.4, 0.5) is 0 Å². The number of carbonyl (C=O) groups is 1. The van der Waals surface area contributed by atoms with Crippen molar-refractivity contribution >= 4 is 17.1 Å². The molecular formula is C18H14OS. The van der Waals surface area contributed by atoms with Gasteiger partial charge in [-0.05, 0) is 18.6 Å². The summed E-state index contributed by atoms with van der Waals surface area (Å²) in [6, 6.07) is 21.6. The number of rotatable bonds is 3. The first-order chi connectivity index (χ1) is 9.75. The van der Waals surface area contributed by atoms with Crippen LogP contribution in [0.3, 0.4) is 0 Å². The topological polar surface area (TPSA) is 17.1 Å². The lowest BCUT2D eigenvalue weighted by Gasteiger charge is -1.99. The maximum atomic E-state index is 12.5. The highest BCUT2D eigenvalue weighted by molar-refractivity contribution is 7.15. The van der Waals surface area contributed by atoms with E-state index in [-0.39, 0.29) is 5.78 Å². The molecule has 0 fully saturated rings. The number of hydrogen-bond donors (Lipinski definition) is 0. The largest absolute Gasteiger partial charge is 0.289 e. The van der Waals surface area contributed by atoms with E-state index in [1.54, 1.807) is 11.3 Å². The first-order valence-corrected chi connectivity index (χ1v) is 7.33. The van der Waals surface area contributed by atoms with Crippen LogP contribution in [-0.4, -0.2) is 5.78 Å². The van der Waals surface area contributed by atoms with Gasteiger partial charge in [0.2, 0.25) is 0 Å². The van der Waals surface area contributed by atoms with Crippen molar-refractivity contribution in [3.05, 3.63) is 82.7 Å². The van der Waals surface area contributed by atoms with Crippen LogP contribution in [0, 0.1) is 6.92 Å². The van der Waals surface area contributed by atoms with Crippen LogP contribution in [-0.2, 0) is 0 Å². The second-order valence-electron chi connectivity index (χ2n) is 4.64. The first-order valence-electron chi connectivity index (χ1n) is 6.51. The van der Waals surface area contributed by atoms with Crippen molar-refractivity contribution in [1.82, 2.24) is 0 Å². The lowest BCUT2D eigenvalue weighted by molar-refractivity contribution is 0.103. The molecule has 0 N–H and O–H groups in total. The Labute approximate surface area is 122 Å². The van der Waals surface area contributed by atoms with Gasteiger partial charge in [-0.3, -0.25) is 4.79 Å². The zero-order valence-corrected chi connectivity index (χ0v) is 12.0. The molecule has 0 aliphatic carbocycles. The molecule has 20 heavy (non-hydrogen) atoms. The molecule has 0 aliphatic heterocycles. The molecule has 0 unspecified atom stereocenters. The van der Waals surface area contributed by atoms with Crippen LogP contribution in [0.15, 0.2) is 66.7 Å². The quantitative estimate of drug-likeness (QED) is 0.619. The van der Waals surface area contributed by atoms with Crippen molar-refractivity contribution in [2.75, 3.05) is 0 Å². The summed E-state index contributed by atoms with van der Waals surface area (Å²) in [6.45, 7) is 2.01. The Morgan fingerprint density at radius 3 is 2.15 bits per heavy atom. The van der Waals surface area contributed by atoms with Gasteiger partial charge in [0.15, 0.2) is 5.78 Å². The van der Waals surface area contributed by atoms with Crippen molar-refractivity contribution in [2.24, 2.45) is 0 Å². The fourth-order valence-corrected chi connectivity index (χ4v) is 3.22. The molecule has 2 aromatic carbocycles. The minimum atomic E-state index is 0.0986. The van der Waals surface area contributed by atoms with Crippen molar-refractivity contribution in [3.8, 4) is 10.4 Å². The number of thiophene rings is 1. The van der Waals surface area contributed by atoms with Crippen molar-refractivity contribution < 1.29 is 4.79 Å². The van der Waals surface area contributed by atoms with Crippen molar-refractivity contribution in [2.45, 2.75) is 6.92 Å². The number of benzene rings is 2. The Morgan fingerprint density at radius 2 is 1.50 bits per heavy atom. The molecule has 0 amide bonds. The van der Waals surface area contributed by atoms with Gasteiger partial charge >= 0.3 is 0 Å². The maximum absolute atomic E-state index is 12.5. The molecule has 1 heterocycles. The smallest absolute Gasteiger partial charge is 0.194 e. The molecule has 1 aromatic heterocycles. The third-order valence-electron chi connectivity index (χ3n) is 3.26. The van der Waals surface area contributed by atoms with E-state index in [0.29, 0.717) is 0 Å². The minimum Gasteiger partial charge on any atom is -0.289 e. The van der Waals surface area contributed by atoms with Crippen molar-refractivity contribution in [1.29, 1.82) is 0 Å². The average molecular weight is 278 g/mol. The lowest BCUT2D eigenvalue weighted by Crippen LogP contribution is -2.00. The number of hydrogen-bond acceptors (Lipinski definition) is 2. The Kier molecular flexibility index (Phi) is 3.48.